The number of carbonyl (C=O) groups excluding carboxylic acids is 1. The van der Waals surface area contributed by atoms with Gasteiger partial charge in [0.1, 0.15) is 11.5 Å². The topological polar surface area (TPSA) is 75.7 Å². The predicted octanol–water partition coefficient (Wildman–Crippen LogP) is 3.49. The summed E-state index contributed by atoms with van der Waals surface area (Å²) < 4.78 is 14.2. The SMILES string of the molecule is CN(CCO)C(=O)CN1CC=C(c2[nH]c3nccc4c3c2CN(C)c2ccc(F)cc2-4)C(C)(C)C1. The molecule has 7 nitrogen and oxygen atoms in total. The smallest absolute Gasteiger partial charge is 0.236 e. The number of hydrogen-bond acceptors (Lipinski definition) is 5. The van der Waals surface area contributed by atoms with E-state index in [2.05, 4.69) is 39.7 Å². The molecular formula is C27H32FN5O2. The van der Waals surface area contributed by atoms with Gasteiger partial charge >= 0.3 is 0 Å². The molecule has 0 spiro atoms. The van der Waals surface area contributed by atoms with Crippen molar-refractivity contribution in [1.82, 2.24) is 19.8 Å². The highest BCUT2D eigenvalue weighted by Crippen LogP contribution is 2.46. The van der Waals surface area contributed by atoms with Gasteiger partial charge in [0, 0.05) is 79.8 Å². The molecule has 4 heterocycles. The summed E-state index contributed by atoms with van der Waals surface area (Å²) in [7, 11) is 3.76. The van der Waals surface area contributed by atoms with Gasteiger partial charge in [-0.15, -0.1) is 0 Å². The van der Waals surface area contributed by atoms with E-state index in [-0.39, 0.29) is 23.7 Å². The molecule has 0 unspecified atom stereocenters. The summed E-state index contributed by atoms with van der Waals surface area (Å²) in [6.45, 7) is 7.08. The van der Waals surface area contributed by atoms with E-state index in [9.17, 15) is 9.18 Å². The Morgan fingerprint density at radius 1 is 1.29 bits per heavy atom. The maximum Gasteiger partial charge on any atom is 0.236 e. The second-order valence-electron chi connectivity index (χ2n) is 10.3. The van der Waals surface area contributed by atoms with Gasteiger partial charge in [-0.2, -0.15) is 0 Å². The molecular weight excluding hydrogens is 445 g/mol. The minimum atomic E-state index is -0.253. The van der Waals surface area contributed by atoms with Crippen LogP contribution in [0.5, 0.6) is 0 Å². The number of amides is 1. The van der Waals surface area contributed by atoms with E-state index in [1.807, 2.05) is 19.2 Å². The van der Waals surface area contributed by atoms with E-state index in [4.69, 9.17) is 5.11 Å². The summed E-state index contributed by atoms with van der Waals surface area (Å²) in [5, 5.41) is 10.2. The third-order valence-corrected chi connectivity index (χ3v) is 7.24. The molecule has 0 saturated heterocycles. The number of likely N-dealkylation sites (N-methyl/N-ethyl adjacent to an activating group) is 1. The molecule has 2 aliphatic heterocycles. The fourth-order valence-corrected chi connectivity index (χ4v) is 5.53. The van der Waals surface area contributed by atoms with Gasteiger partial charge in [-0.25, -0.2) is 9.37 Å². The zero-order valence-corrected chi connectivity index (χ0v) is 20.7. The van der Waals surface area contributed by atoms with Crippen LogP contribution in [-0.4, -0.2) is 77.7 Å². The van der Waals surface area contributed by atoms with Crippen LogP contribution >= 0.6 is 0 Å². The highest BCUT2D eigenvalue weighted by Gasteiger charge is 2.35. The number of aliphatic hydroxyl groups excluding tert-OH is 1. The Morgan fingerprint density at radius 2 is 2.09 bits per heavy atom. The lowest BCUT2D eigenvalue weighted by Crippen LogP contribution is -2.45. The molecule has 35 heavy (non-hydrogen) atoms. The van der Waals surface area contributed by atoms with Gasteiger partial charge in [0.2, 0.25) is 5.91 Å². The minimum Gasteiger partial charge on any atom is -0.395 e. The maximum absolute atomic E-state index is 14.2. The van der Waals surface area contributed by atoms with Gasteiger partial charge in [0.15, 0.2) is 0 Å². The molecule has 8 heteroatoms. The van der Waals surface area contributed by atoms with Crippen molar-refractivity contribution >= 4 is 28.2 Å². The lowest BCUT2D eigenvalue weighted by atomic mass is 9.78. The van der Waals surface area contributed by atoms with E-state index in [0.29, 0.717) is 26.2 Å². The van der Waals surface area contributed by atoms with Crippen LogP contribution in [-0.2, 0) is 11.3 Å². The van der Waals surface area contributed by atoms with E-state index >= 15 is 0 Å². The number of nitrogens with one attached hydrogen (secondary N) is 1. The van der Waals surface area contributed by atoms with Crippen LogP contribution in [0.4, 0.5) is 10.1 Å². The highest BCUT2D eigenvalue weighted by atomic mass is 19.1. The molecule has 5 rings (SSSR count). The number of H-pyrrole nitrogens is 1. The van der Waals surface area contributed by atoms with Crippen molar-refractivity contribution in [1.29, 1.82) is 0 Å². The molecule has 1 amide bonds. The number of aliphatic hydroxyl groups is 1. The molecule has 2 N–H and O–H groups in total. The van der Waals surface area contributed by atoms with Gasteiger partial charge in [-0.1, -0.05) is 19.9 Å². The second-order valence-corrected chi connectivity index (χ2v) is 10.3. The first kappa shape index (κ1) is 23.5. The molecule has 0 atom stereocenters. The summed E-state index contributed by atoms with van der Waals surface area (Å²) in [6, 6.07) is 6.93. The van der Waals surface area contributed by atoms with Crippen molar-refractivity contribution in [2.24, 2.45) is 5.41 Å². The summed E-state index contributed by atoms with van der Waals surface area (Å²) in [6.07, 6.45) is 3.99. The fraction of sp³-hybridized carbons (Fsp3) is 0.407. The van der Waals surface area contributed by atoms with Crippen LogP contribution in [0.2, 0.25) is 0 Å². The molecule has 0 bridgehead atoms. The van der Waals surface area contributed by atoms with Crippen molar-refractivity contribution in [3.63, 3.8) is 0 Å². The normalized spacial score (nSPS) is 17.2. The lowest BCUT2D eigenvalue weighted by Gasteiger charge is -2.39. The number of fused-ring (bicyclic) bond motifs is 2. The number of benzene rings is 1. The number of aromatic nitrogens is 2. The van der Waals surface area contributed by atoms with Gasteiger partial charge in [-0.3, -0.25) is 9.69 Å². The average molecular weight is 478 g/mol. The third kappa shape index (κ3) is 4.10. The van der Waals surface area contributed by atoms with Crippen LogP contribution in [0.3, 0.4) is 0 Å². The number of halogens is 1. The van der Waals surface area contributed by atoms with Gasteiger partial charge in [-0.05, 0) is 35.4 Å². The maximum atomic E-state index is 14.2. The number of rotatable bonds is 5. The van der Waals surface area contributed by atoms with E-state index in [0.717, 1.165) is 45.6 Å². The number of carbonyl (C=O) groups is 1. The summed E-state index contributed by atoms with van der Waals surface area (Å²) in [4.78, 5) is 26.6. The Hall–Kier alpha value is -3.23. The Kier molecular flexibility index (Phi) is 5.89. The van der Waals surface area contributed by atoms with Crippen molar-refractivity contribution < 1.29 is 14.3 Å². The summed E-state index contributed by atoms with van der Waals surface area (Å²) in [5.41, 5.74) is 6.87. The first-order chi connectivity index (χ1) is 16.7. The fourth-order valence-electron chi connectivity index (χ4n) is 5.53. The van der Waals surface area contributed by atoms with E-state index < -0.39 is 0 Å². The van der Waals surface area contributed by atoms with Crippen LogP contribution in [0.15, 0.2) is 36.5 Å². The molecule has 2 aromatic heterocycles. The molecule has 0 saturated carbocycles. The van der Waals surface area contributed by atoms with E-state index in [1.54, 1.807) is 24.2 Å². The second kappa shape index (κ2) is 8.77. The van der Waals surface area contributed by atoms with Crippen LogP contribution in [0.25, 0.3) is 27.7 Å². The molecule has 0 aliphatic carbocycles. The van der Waals surface area contributed by atoms with Gasteiger partial charge in [0.05, 0.1) is 13.2 Å². The van der Waals surface area contributed by atoms with Crippen molar-refractivity contribution in [3.8, 4) is 11.1 Å². The van der Waals surface area contributed by atoms with E-state index in [1.165, 1.54) is 11.6 Å². The quantitative estimate of drug-likeness (QED) is 0.588. The number of nitrogens with zero attached hydrogens (tertiary/aromatic N) is 4. The number of aromatic amines is 1. The molecule has 0 radical (unpaired) electrons. The largest absolute Gasteiger partial charge is 0.395 e. The summed E-state index contributed by atoms with van der Waals surface area (Å²) >= 11 is 0. The number of hydrogen-bond donors (Lipinski definition) is 2. The zero-order chi connectivity index (χ0) is 24.9. The molecule has 1 aromatic carbocycles. The molecule has 2 aliphatic rings. The first-order valence-electron chi connectivity index (χ1n) is 12.0. The van der Waals surface area contributed by atoms with Crippen molar-refractivity contribution in [2.75, 3.05) is 51.8 Å². The number of anilines is 1. The Balaban J connectivity index is 1.55. The highest BCUT2D eigenvalue weighted by molar-refractivity contribution is 6.03. The Bertz CT molecular complexity index is 1330. The third-order valence-electron chi connectivity index (χ3n) is 7.24. The summed E-state index contributed by atoms with van der Waals surface area (Å²) in [5.74, 6) is -0.249. The van der Waals surface area contributed by atoms with Gasteiger partial charge in [0.25, 0.3) is 0 Å². The number of pyridine rings is 1. The Labute approximate surface area is 204 Å². The predicted molar refractivity (Wildman–Crippen MR) is 137 cm³/mol. The van der Waals surface area contributed by atoms with Crippen molar-refractivity contribution in [2.45, 2.75) is 20.4 Å². The molecule has 3 aromatic rings. The van der Waals surface area contributed by atoms with Crippen molar-refractivity contribution in [3.05, 3.63) is 53.6 Å². The van der Waals surface area contributed by atoms with Crippen LogP contribution < -0.4 is 4.90 Å². The molecule has 184 valence electrons. The lowest BCUT2D eigenvalue weighted by molar-refractivity contribution is -0.131. The minimum absolute atomic E-state index is 0.00403. The van der Waals surface area contributed by atoms with Crippen LogP contribution in [0, 0.1) is 11.2 Å². The molecule has 0 fully saturated rings. The first-order valence-corrected chi connectivity index (χ1v) is 12.0. The Morgan fingerprint density at radius 3 is 2.83 bits per heavy atom. The van der Waals surface area contributed by atoms with Gasteiger partial charge < -0.3 is 19.9 Å². The average Bonchev–Trinajstić information content (AvgIpc) is 3.10. The zero-order valence-electron chi connectivity index (χ0n) is 20.7. The monoisotopic (exact) mass is 477 g/mol. The van der Waals surface area contributed by atoms with Crippen LogP contribution in [0.1, 0.15) is 25.1 Å². The standard InChI is InChI=1S/C27H32FN5O2/c1-27(2)16-33(15-23(35)31(3)11-12-34)10-8-21(27)25-20-14-32(4)22-6-5-17(28)13-19(22)18-7-9-29-26(30-25)24(18)20/h5-9,13,34H,10-12,14-16H2,1-4H3,(H,29,30).